The first-order valence-corrected chi connectivity index (χ1v) is 15.8. The number of rotatable bonds is 6. The summed E-state index contributed by atoms with van der Waals surface area (Å²) < 4.78 is 66.8. The largest absolute Gasteiger partial charge is 0.496 e. The number of likely N-dealkylation sites (tertiary alicyclic amines) is 1. The molecule has 0 radical (unpaired) electrons. The van der Waals surface area contributed by atoms with Crippen molar-refractivity contribution in [2.45, 2.75) is 72.1 Å². The average Bonchev–Trinajstić information content (AvgIpc) is 3.38. The van der Waals surface area contributed by atoms with Crippen LogP contribution >= 0.6 is 15.9 Å². The van der Waals surface area contributed by atoms with Gasteiger partial charge in [-0.3, -0.25) is 4.98 Å². The van der Waals surface area contributed by atoms with E-state index >= 15 is 0 Å². The fourth-order valence-corrected chi connectivity index (χ4v) is 5.12. The van der Waals surface area contributed by atoms with E-state index in [2.05, 4.69) is 45.5 Å². The molecule has 1 aliphatic rings. The van der Waals surface area contributed by atoms with Crippen molar-refractivity contribution < 1.29 is 26.9 Å². The molecule has 11 heteroatoms. The highest BCUT2D eigenvalue weighted by Gasteiger charge is 2.35. The Morgan fingerprint density at radius 3 is 2.24 bits per heavy atom. The molecule has 2 aromatic carbocycles. The van der Waals surface area contributed by atoms with E-state index in [1.807, 2.05) is 51.8 Å². The Morgan fingerprint density at radius 1 is 1.05 bits per heavy atom. The smallest absolute Gasteiger partial charge is 0.419 e. The minimum absolute atomic E-state index is 0.266. The Balaban J connectivity index is 0.000000526. The van der Waals surface area contributed by atoms with Gasteiger partial charge in [-0.15, -0.1) is 0 Å². The molecule has 1 unspecified atom stereocenters. The minimum Gasteiger partial charge on any atom is -0.496 e. The third-order valence-electron chi connectivity index (χ3n) is 6.13. The maximum atomic E-state index is 13.4. The van der Waals surface area contributed by atoms with Crippen molar-refractivity contribution in [3.63, 3.8) is 0 Å². The maximum absolute atomic E-state index is 13.4. The summed E-state index contributed by atoms with van der Waals surface area (Å²) in [6.07, 6.45) is -2.74. The highest BCUT2D eigenvalue weighted by atomic mass is 79.9. The number of hydrogen-bond donors (Lipinski definition) is 1. The van der Waals surface area contributed by atoms with Crippen LogP contribution in [0.3, 0.4) is 0 Å². The molecule has 0 amide bonds. The SMILES string of the molecule is CC.CC.COc1cccc(C)c1C.Cc1ncc(S(=O)Nc2ccc(C(F)(F)F)c(O[C@@H]3CCN(C)C3)c2)cc1Br. The average molecular weight is 675 g/mol. The Labute approximate surface area is 259 Å². The first-order valence-electron chi connectivity index (χ1n) is 13.9. The highest BCUT2D eigenvalue weighted by molar-refractivity contribution is 9.10. The van der Waals surface area contributed by atoms with Crippen molar-refractivity contribution in [3.05, 3.63) is 75.5 Å². The maximum Gasteiger partial charge on any atom is 0.419 e. The zero-order valence-electron chi connectivity index (χ0n) is 25.9. The molecule has 1 fully saturated rings. The molecule has 2 atom stereocenters. The molecule has 0 saturated carbocycles. The van der Waals surface area contributed by atoms with Gasteiger partial charge in [0.2, 0.25) is 0 Å². The van der Waals surface area contributed by atoms with Gasteiger partial charge in [-0.05, 0) is 85.6 Å². The number of anilines is 1. The number of aryl methyl sites for hydroxylation is 2. The zero-order valence-corrected chi connectivity index (χ0v) is 28.3. The summed E-state index contributed by atoms with van der Waals surface area (Å²) in [6, 6.07) is 11.1. The van der Waals surface area contributed by atoms with Crippen LogP contribution in [-0.2, 0) is 17.2 Å². The molecule has 0 bridgehead atoms. The number of pyridine rings is 1. The summed E-state index contributed by atoms with van der Waals surface area (Å²) in [6.45, 7) is 15.3. The van der Waals surface area contributed by atoms with Crippen molar-refractivity contribution >= 4 is 32.6 Å². The fraction of sp³-hybridized carbons (Fsp3) is 0.452. The Hall–Kier alpha value is -2.63. The van der Waals surface area contributed by atoms with E-state index < -0.39 is 22.7 Å². The summed E-state index contributed by atoms with van der Waals surface area (Å²) in [7, 11) is 1.90. The number of hydrogen-bond acceptors (Lipinski definition) is 5. The molecule has 1 aliphatic heterocycles. The topological polar surface area (TPSA) is 63.7 Å². The van der Waals surface area contributed by atoms with Crippen LogP contribution in [0.25, 0.3) is 0 Å². The number of alkyl halides is 3. The van der Waals surface area contributed by atoms with E-state index in [4.69, 9.17) is 9.47 Å². The van der Waals surface area contributed by atoms with Crippen molar-refractivity contribution in [1.29, 1.82) is 0 Å². The number of ether oxygens (including phenoxy) is 2. The van der Waals surface area contributed by atoms with Crippen LogP contribution in [0.15, 0.2) is 58.0 Å². The lowest BCUT2D eigenvalue weighted by atomic mass is 10.1. The molecule has 42 heavy (non-hydrogen) atoms. The number of nitrogens with zero attached hydrogens (tertiary/aromatic N) is 2. The molecule has 1 saturated heterocycles. The van der Waals surface area contributed by atoms with E-state index in [9.17, 15) is 17.4 Å². The van der Waals surface area contributed by atoms with Gasteiger partial charge in [0.1, 0.15) is 17.6 Å². The third kappa shape index (κ3) is 11.2. The van der Waals surface area contributed by atoms with Crippen molar-refractivity contribution in [1.82, 2.24) is 9.88 Å². The van der Waals surface area contributed by atoms with E-state index in [1.54, 1.807) is 20.1 Å². The zero-order chi connectivity index (χ0) is 32.0. The Kier molecular flexibility index (Phi) is 16.1. The van der Waals surface area contributed by atoms with Gasteiger partial charge in [0.05, 0.1) is 29.0 Å². The molecule has 3 aromatic rings. The van der Waals surface area contributed by atoms with Gasteiger partial charge in [0, 0.05) is 29.8 Å². The fourth-order valence-electron chi connectivity index (χ4n) is 3.79. The van der Waals surface area contributed by atoms with Gasteiger partial charge < -0.3 is 19.1 Å². The Morgan fingerprint density at radius 2 is 1.71 bits per heavy atom. The molecule has 0 spiro atoms. The standard InChI is InChI=1S/C18H19BrF3N3O2S.C9H12O.2C2H6/c1-11-16(19)8-14(9-23-11)28(26)24-12-3-4-15(18(20,21)22)17(7-12)27-13-5-6-25(2)10-13;1-7-5-4-6-9(10-3)8(7)2;2*1-2/h3-4,7-9,13,24H,5-6,10H2,1-2H3;4-6H,1-3H3;2*1-2H3/t13-,28?;;;/m1.../s1. The van der Waals surface area contributed by atoms with Gasteiger partial charge in [-0.2, -0.15) is 13.2 Å². The van der Waals surface area contributed by atoms with Crippen molar-refractivity contribution in [2.75, 3.05) is 32.0 Å². The molecule has 234 valence electrons. The first kappa shape index (κ1) is 37.4. The second-order valence-electron chi connectivity index (χ2n) is 9.01. The molecule has 0 aliphatic carbocycles. The minimum atomic E-state index is -4.54. The number of likely N-dealkylation sites (N-methyl/N-ethyl adjacent to an activating group) is 1. The first-order chi connectivity index (χ1) is 19.9. The van der Waals surface area contributed by atoms with Gasteiger partial charge in [-0.1, -0.05) is 39.8 Å². The molecular formula is C31H43BrF3N3O3S. The van der Waals surface area contributed by atoms with Gasteiger partial charge in [-0.25, -0.2) is 4.21 Å². The second kappa shape index (κ2) is 18.1. The van der Waals surface area contributed by atoms with Gasteiger partial charge in [0.15, 0.2) is 11.0 Å². The van der Waals surface area contributed by atoms with Crippen LogP contribution in [0.4, 0.5) is 18.9 Å². The number of benzene rings is 2. The van der Waals surface area contributed by atoms with Crippen LogP contribution in [0.1, 0.15) is 56.5 Å². The molecular weight excluding hydrogens is 631 g/mol. The van der Waals surface area contributed by atoms with Crippen molar-refractivity contribution in [2.24, 2.45) is 0 Å². The second-order valence-corrected chi connectivity index (χ2v) is 11.1. The van der Waals surface area contributed by atoms with Crippen LogP contribution in [-0.4, -0.2) is 47.4 Å². The van der Waals surface area contributed by atoms with Crippen LogP contribution in [0.5, 0.6) is 11.5 Å². The molecule has 4 rings (SSSR count). The predicted octanol–water partition coefficient (Wildman–Crippen LogP) is 8.75. The van der Waals surface area contributed by atoms with Gasteiger partial charge >= 0.3 is 6.18 Å². The summed E-state index contributed by atoms with van der Waals surface area (Å²) in [5.41, 5.74) is 2.67. The molecule has 6 nitrogen and oxygen atoms in total. The quantitative estimate of drug-likeness (QED) is 0.283. The highest BCUT2D eigenvalue weighted by Crippen LogP contribution is 2.39. The van der Waals surface area contributed by atoms with E-state index in [0.717, 1.165) is 24.1 Å². The summed E-state index contributed by atoms with van der Waals surface area (Å²) in [5.74, 6) is 0.706. The molecule has 2 heterocycles. The summed E-state index contributed by atoms with van der Waals surface area (Å²) >= 11 is 3.32. The van der Waals surface area contributed by atoms with E-state index in [-0.39, 0.29) is 17.5 Å². The normalized spacial score (nSPS) is 15.1. The lowest BCUT2D eigenvalue weighted by Gasteiger charge is -2.19. The number of aromatic nitrogens is 1. The predicted molar refractivity (Wildman–Crippen MR) is 170 cm³/mol. The third-order valence-corrected chi connectivity index (χ3v) is 8.00. The Bertz CT molecular complexity index is 1290. The molecule has 1 aromatic heterocycles. The van der Waals surface area contributed by atoms with Gasteiger partial charge in [0.25, 0.3) is 0 Å². The van der Waals surface area contributed by atoms with Crippen LogP contribution in [0.2, 0.25) is 0 Å². The van der Waals surface area contributed by atoms with Crippen molar-refractivity contribution in [3.8, 4) is 11.5 Å². The number of methoxy groups -OCH3 is 1. The number of nitrogens with one attached hydrogen (secondary N) is 1. The molecule has 1 N–H and O–H groups in total. The lowest BCUT2D eigenvalue weighted by molar-refractivity contribution is -0.139. The van der Waals surface area contributed by atoms with Crippen LogP contribution < -0.4 is 14.2 Å². The lowest BCUT2D eigenvalue weighted by Crippen LogP contribution is -2.23. The monoisotopic (exact) mass is 673 g/mol. The van der Waals surface area contributed by atoms with Crippen LogP contribution in [0, 0.1) is 20.8 Å². The number of halogens is 4. The van der Waals surface area contributed by atoms with E-state index in [1.165, 1.54) is 29.5 Å². The summed E-state index contributed by atoms with van der Waals surface area (Å²) in [4.78, 5) is 6.52. The summed E-state index contributed by atoms with van der Waals surface area (Å²) in [5, 5.41) is 0. The van der Waals surface area contributed by atoms with E-state index in [0.29, 0.717) is 22.3 Å².